The molecule has 5 nitrogen and oxygen atoms in total. The lowest BCUT2D eigenvalue weighted by Crippen LogP contribution is -2.59. The van der Waals surface area contributed by atoms with Crippen molar-refractivity contribution in [3.05, 3.63) is 0 Å². The van der Waals surface area contributed by atoms with Crippen molar-refractivity contribution in [3.8, 4) is 0 Å². The van der Waals surface area contributed by atoms with Gasteiger partial charge >= 0.3 is 0 Å². The van der Waals surface area contributed by atoms with Crippen LogP contribution in [0.25, 0.3) is 0 Å². The number of morpholine rings is 1. The Balaban J connectivity index is 2.10. The fraction of sp³-hybridized carbons (Fsp3) is 0.933. The van der Waals surface area contributed by atoms with Crippen molar-refractivity contribution in [1.82, 2.24) is 4.90 Å². The number of carbonyl (C=O) groups excluding carboxylic acids is 1. The smallest absolute Gasteiger partial charge is 0.227 e. The summed E-state index contributed by atoms with van der Waals surface area (Å²) >= 11 is 0. The highest BCUT2D eigenvalue weighted by molar-refractivity contribution is 5.80. The number of carbonyl (C=O) groups is 1. The predicted molar refractivity (Wildman–Crippen MR) is 77.1 cm³/mol. The summed E-state index contributed by atoms with van der Waals surface area (Å²) in [6.45, 7) is 7.02. The lowest BCUT2D eigenvalue weighted by Gasteiger charge is -2.45. The molecule has 1 saturated carbocycles. The molecule has 1 amide bonds. The Morgan fingerprint density at radius 1 is 1.45 bits per heavy atom. The average molecular weight is 284 g/mol. The van der Waals surface area contributed by atoms with Crippen LogP contribution in [0, 0.1) is 11.8 Å². The van der Waals surface area contributed by atoms with E-state index in [0.717, 1.165) is 19.3 Å². The Morgan fingerprint density at radius 2 is 2.15 bits per heavy atom. The number of ether oxygens (including phenoxy) is 1. The van der Waals surface area contributed by atoms with Gasteiger partial charge in [0.05, 0.1) is 24.2 Å². The molecule has 1 aliphatic heterocycles. The SMILES string of the molecule is CC1CCCC(N)C1C(=O)N1CC(CO)OC(C)(C)C1. The van der Waals surface area contributed by atoms with Crippen molar-refractivity contribution >= 4 is 5.91 Å². The van der Waals surface area contributed by atoms with Gasteiger partial charge in [-0.05, 0) is 32.6 Å². The molecule has 0 aromatic rings. The number of nitrogens with zero attached hydrogens (tertiary/aromatic N) is 1. The third-order valence-corrected chi connectivity index (χ3v) is 4.55. The van der Waals surface area contributed by atoms with E-state index in [4.69, 9.17) is 10.5 Å². The summed E-state index contributed by atoms with van der Waals surface area (Å²) in [5.74, 6) is 0.390. The van der Waals surface area contributed by atoms with Gasteiger partial charge in [-0.15, -0.1) is 0 Å². The normalized spacial score (nSPS) is 37.8. The average Bonchev–Trinajstić information content (AvgIpc) is 2.36. The van der Waals surface area contributed by atoms with E-state index in [9.17, 15) is 9.90 Å². The third-order valence-electron chi connectivity index (χ3n) is 4.55. The van der Waals surface area contributed by atoms with Crippen LogP contribution in [0.15, 0.2) is 0 Å². The lowest BCUT2D eigenvalue weighted by molar-refractivity contribution is -0.172. The molecule has 4 unspecified atom stereocenters. The lowest BCUT2D eigenvalue weighted by atomic mass is 9.76. The first-order valence-corrected chi connectivity index (χ1v) is 7.67. The summed E-state index contributed by atoms with van der Waals surface area (Å²) in [5, 5.41) is 9.35. The highest BCUT2D eigenvalue weighted by Gasteiger charge is 2.41. The van der Waals surface area contributed by atoms with Crippen molar-refractivity contribution in [3.63, 3.8) is 0 Å². The van der Waals surface area contributed by atoms with E-state index in [1.54, 1.807) is 0 Å². The number of aliphatic hydroxyl groups excluding tert-OH is 1. The van der Waals surface area contributed by atoms with Gasteiger partial charge in [-0.1, -0.05) is 13.3 Å². The van der Waals surface area contributed by atoms with E-state index in [1.165, 1.54) is 0 Å². The first-order chi connectivity index (χ1) is 9.34. The quantitative estimate of drug-likeness (QED) is 0.784. The van der Waals surface area contributed by atoms with Crippen molar-refractivity contribution in [2.24, 2.45) is 17.6 Å². The Kier molecular flexibility index (Phi) is 4.72. The molecule has 1 heterocycles. The van der Waals surface area contributed by atoms with Gasteiger partial charge in [0.25, 0.3) is 0 Å². The fourth-order valence-corrected chi connectivity index (χ4v) is 3.65. The zero-order valence-electron chi connectivity index (χ0n) is 12.8. The van der Waals surface area contributed by atoms with Crippen LogP contribution in [0.5, 0.6) is 0 Å². The summed E-state index contributed by atoms with van der Waals surface area (Å²) in [4.78, 5) is 14.7. The van der Waals surface area contributed by atoms with Crippen molar-refractivity contribution in [1.29, 1.82) is 0 Å². The Hall–Kier alpha value is -0.650. The molecule has 0 spiro atoms. The fourth-order valence-electron chi connectivity index (χ4n) is 3.65. The van der Waals surface area contributed by atoms with Crippen LogP contribution in [0.2, 0.25) is 0 Å². The summed E-state index contributed by atoms with van der Waals surface area (Å²) in [5.41, 5.74) is 5.77. The molecule has 4 atom stereocenters. The minimum absolute atomic E-state index is 0.0372. The minimum atomic E-state index is -0.413. The van der Waals surface area contributed by atoms with Crippen LogP contribution in [-0.2, 0) is 9.53 Å². The molecular formula is C15H28N2O3. The first kappa shape index (κ1) is 15.7. The van der Waals surface area contributed by atoms with Gasteiger partial charge in [0.15, 0.2) is 0 Å². The van der Waals surface area contributed by atoms with E-state index in [1.807, 2.05) is 18.7 Å². The van der Waals surface area contributed by atoms with Gasteiger partial charge in [-0.3, -0.25) is 4.79 Å². The number of rotatable bonds is 2. The van der Waals surface area contributed by atoms with Crippen LogP contribution in [-0.4, -0.2) is 53.4 Å². The molecule has 0 aromatic carbocycles. The van der Waals surface area contributed by atoms with Gasteiger partial charge in [-0.2, -0.15) is 0 Å². The van der Waals surface area contributed by atoms with Crippen molar-refractivity contribution in [2.75, 3.05) is 19.7 Å². The monoisotopic (exact) mass is 284 g/mol. The summed E-state index contributed by atoms with van der Waals surface area (Å²) in [7, 11) is 0. The predicted octanol–water partition coefficient (Wildman–Crippen LogP) is 0.748. The van der Waals surface area contributed by atoms with Crippen molar-refractivity contribution < 1.29 is 14.6 Å². The number of nitrogens with two attached hydrogens (primary N) is 1. The zero-order chi connectivity index (χ0) is 14.9. The van der Waals surface area contributed by atoms with Crippen LogP contribution in [0.1, 0.15) is 40.0 Å². The van der Waals surface area contributed by atoms with Crippen LogP contribution >= 0.6 is 0 Å². The van der Waals surface area contributed by atoms with Gasteiger partial charge in [0.1, 0.15) is 0 Å². The topological polar surface area (TPSA) is 75.8 Å². The second kappa shape index (κ2) is 6.00. The molecular weight excluding hydrogens is 256 g/mol. The second-order valence-electron chi connectivity index (χ2n) is 7.00. The van der Waals surface area contributed by atoms with E-state index in [2.05, 4.69) is 6.92 Å². The molecule has 1 aliphatic carbocycles. The van der Waals surface area contributed by atoms with E-state index in [0.29, 0.717) is 19.0 Å². The van der Waals surface area contributed by atoms with E-state index < -0.39 is 5.60 Å². The molecule has 2 aliphatic rings. The Morgan fingerprint density at radius 3 is 2.75 bits per heavy atom. The largest absolute Gasteiger partial charge is 0.394 e. The summed E-state index contributed by atoms with van der Waals surface area (Å²) in [6, 6.07) is -0.0372. The summed E-state index contributed by atoms with van der Waals surface area (Å²) < 4.78 is 5.77. The van der Waals surface area contributed by atoms with Crippen molar-refractivity contribution in [2.45, 2.75) is 57.8 Å². The zero-order valence-corrected chi connectivity index (χ0v) is 12.8. The van der Waals surface area contributed by atoms with Gasteiger partial charge in [-0.25, -0.2) is 0 Å². The molecule has 5 heteroatoms. The minimum Gasteiger partial charge on any atom is -0.394 e. The maximum atomic E-state index is 12.8. The second-order valence-corrected chi connectivity index (χ2v) is 7.00. The standard InChI is InChI=1S/C15H28N2O3/c1-10-5-4-6-12(16)13(10)14(19)17-7-11(8-18)20-15(2,3)9-17/h10-13,18H,4-9,16H2,1-3H3. The van der Waals surface area contributed by atoms with E-state index >= 15 is 0 Å². The van der Waals surface area contributed by atoms with Crippen LogP contribution in [0.4, 0.5) is 0 Å². The molecule has 2 rings (SSSR count). The molecule has 1 saturated heterocycles. The number of aliphatic hydroxyl groups is 1. The highest BCUT2D eigenvalue weighted by Crippen LogP contribution is 2.32. The molecule has 0 bridgehead atoms. The molecule has 116 valence electrons. The van der Waals surface area contributed by atoms with Gasteiger partial charge < -0.3 is 20.5 Å². The Labute approximate surface area is 121 Å². The number of hydrogen-bond acceptors (Lipinski definition) is 4. The first-order valence-electron chi connectivity index (χ1n) is 7.67. The number of amides is 1. The van der Waals surface area contributed by atoms with E-state index in [-0.39, 0.29) is 30.6 Å². The maximum Gasteiger partial charge on any atom is 0.227 e. The van der Waals surface area contributed by atoms with Gasteiger partial charge in [0, 0.05) is 19.1 Å². The molecule has 0 radical (unpaired) electrons. The molecule has 0 aromatic heterocycles. The van der Waals surface area contributed by atoms with Crippen LogP contribution in [0.3, 0.4) is 0 Å². The highest BCUT2D eigenvalue weighted by atomic mass is 16.5. The molecule has 2 fully saturated rings. The summed E-state index contributed by atoms with van der Waals surface area (Å²) in [6.07, 6.45) is 2.82. The Bertz CT molecular complexity index is 349. The third kappa shape index (κ3) is 3.32. The molecule has 3 N–H and O–H groups in total. The van der Waals surface area contributed by atoms with Crippen LogP contribution < -0.4 is 5.73 Å². The number of hydrogen-bond donors (Lipinski definition) is 2. The van der Waals surface area contributed by atoms with Gasteiger partial charge in [0.2, 0.25) is 5.91 Å². The molecule has 20 heavy (non-hydrogen) atoms. The maximum absolute atomic E-state index is 12.8.